The first kappa shape index (κ1) is 11.3. The minimum absolute atomic E-state index is 0.138. The van der Waals surface area contributed by atoms with Crippen LogP contribution in [0.1, 0.15) is 44.3 Å². The zero-order chi connectivity index (χ0) is 10.6. The van der Waals surface area contributed by atoms with Gasteiger partial charge in [0.25, 0.3) is 0 Å². The molecular formula is C11H20N2O. The monoisotopic (exact) mass is 196 g/mol. The van der Waals surface area contributed by atoms with E-state index in [1.807, 2.05) is 19.1 Å². The van der Waals surface area contributed by atoms with E-state index in [0.717, 1.165) is 24.4 Å². The predicted molar refractivity (Wildman–Crippen MR) is 57.6 cm³/mol. The molecule has 2 unspecified atom stereocenters. The summed E-state index contributed by atoms with van der Waals surface area (Å²) in [7, 11) is 0. The molecule has 0 aromatic carbocycles. The second kappa shape index (κ2) is 5.17. The van der Waals surface area contributed by atoms with E-state index in [9.17, 15) is 0 Å². The summed E-state index contributed by atoms with van der Waals surface area (Å²) in [6, 6.07) is 4.09. The molecule has 0 aliphatic heterocycles. The van der Waals surface area contributed by atoms with Crippen molar-refractivity contribution in [1.82, 2.24) is 5.43 Å². The van der Waals surface area contributed by atoms with Crippen LogP contribution in [0.3, 0.4) is 0 Å². The molecule has 0 bridgehead atoms. The molecule has 1 aromatic rings. The minimum Gasteiger partial charge on any atom is -0.465 e. The van der Waals surface area contributed by atoms with Crippen LogP contribution in [0.2, 0.25) is 0 Å². The number of nitrogens with two attached hydrogens (primary N) is 1. The Bertz CT molecular complexity index is 270. The van der Waals surface area contributed by atoms with E-state index in [4.69, 9.17) is 10.3 Å². The first-order chi connectivity index (χ1) is 6.67. The van der Waals surface area contributed by atoms with E-state index in [1.54, 1.807) is 0 Å². The third-order valence-electron chi connectivity index (χ3n) is 2.64. The third-order valence-corrected chi connectivity index (χ3v) is 2.64. The van der Waals surface area contributed by atoms with Crippen molar-refractivity contribution in [2.75, 3.05) is 0 Å². The summed E-state index contributed by atoms with van der Waals surface area (Å²) >= 11 is 0. The average molecular weight is 196 g/mol. The molecule has 3 nitrogen and oxygen atoms in total. The highest BCUT2D eigenvalue weighted by molar-refractivity contribution is 5.09. The molecule has 0 amide bonds. The van der Waals surface area contributed by atoms with Crippen molar-refractivity contribution in [1.29, 1.82) is 0 Å². The van der Waals surface area contributed by atoms with Crippen molar-refractivity contribution in [3.05, 3.63) is 23.7 Å². The predicted octanol–water partition coefficient (Wildman–Crippen LogP) is 2.53. The summed E-state index contributed by atoms with van der Waals surface area (Å²) in [6.45, 7) is 6.35. The van der Waals surface area contributed by atoms with Crippen LogP contribution in [0, 0.1) is 12.8 Å². The zero-order valence-electron chi connectivity index (χ0n) is 9.21. The lowest BCUT2D eigenvalue weighted by molar-refractivity contribution is 0.344. The zero-order valence-corrected chi connectivity index (χ0v) is 9.21. The van der Waals surface area contributed by atoms with Gasteiger partial charge in [-0.05, 0) is 31.4 Å². The maximum absolute atomic E-state index is 5.54. The molecule has 0 saturated heterocycles. The van der Waals surface area contributed by atoms with Crippen LogP contribution < -0.4 is 11.3 Å². The van der Waals surface area contributed by atoms with Gasteiger partial charge >= 0.3 is 0 Å². The molecule has 0 aliphatic rings. The van der Waals surface area contributed by atoms with Gasteiger partial charge in [-0.3, -0.25) is 5.84 Å². The van der Waals surface area contributed by atoms with Crippen molar-refractivity contribution in [3.63, 3.8) is 0 Å². The van der Waals surface area contributed by atoms with Gasteiger partial charge in [0, 0.05) is 0 Å². The molecule has 14 heavy (non-hydrogen) atoms. The van der Waals surface area contributed by atoms with Gasteiger partial charge in [0.1, 0.15) is 11.5 Å². The largest absolute Gasteiger partial charge is 0.465 e. The summed E-state index contributed by atoms with van der Waals surface area (Å²) in [5, 5.41) is 0. The molecule has 3 heteroatoms. The number of nitrogens with one attached hydrogen (secondary N) is 1. The van der Waals surface area contributed by atoms with Gasteiger partial charge < -0.3 is 4.42 Å². The molecule has 1 heterocycles. The van der Waals surface area contributed by atoms with Crippen molar-refractivity contribution in [3.8, 4) is 0 Å². The summed E-state index contributed by atoms with van der Waals surface area (Å²) in [5.74, 6) is 8.03. The molecule has 1 rings (SSSR count). The Morgan fingerprint density at radius 3 is 2.64 bits per heavy atom. The molecule has 0 aliphatic carbocycles. The van der Waals surface area contributed by atoms with Crippen LogP contribution in [0.25, 0.3) is 0 Å². The van der Waals surface area contributed by atoms with Gasteiger partial charge in [0.2, 0.25) is 0 Å². The number of aryl methyl sites for hydroxylation is 1. The van der Waals surface area contributed by atoms with Gasteiger partial charge in [-0.2, -0.15) is 0 Å². The molecule has 0 spiro atoms. The van der Waals surface area contributed by atoms with Crippen LogP contribution in [0.4, 0.5) is 0 Å². The Morgan fingerprint density at radius 2 is 2.21 bits per heavy atom. The van der Waals surface area contributed by atoms with E-state index >= 15 is 0 Å². The van der Waals surface area contributed by atoms with Gasteiger partial charge in [-0.1, -0.05) is 20.3 Å². The molecule has 2 atom stereocenters. The molecule has 0 saturated carbocycles. The van der Waals surface area contributed by atoms with Crippen molar-refractivity contribution < 1.29 is 4.42 Å². The summed E-state index contributed by atoms with van der Waals surface area (Å²) in [6.07, 6.45) is 2.18. The minimum atomic E-state index is 0.138. The van der Waals surface area contributed by atoms with E-state index in [-0.39, 0.29) is 6.04 Å². The Morgan fingerprint density at radius 1 is 1.50 bits per heavy atom. The topological polar surface area (TPSA) is 51.2 Å². The Balaban J connectivity index is 2.62. The highest BCUT2D eigenvalue weighted by atomic mass is 16.3. The molecule has 3 N–H and O–H groups in total. The molecule has 1 aromatic heterocycles. The number of hydrogen-bond acceptors (Lipinski definition) is 3. The quantitative estimate of drug-likeness (QED) is 0.562. The maximum Gasteiger partial charge on any atom is 0.122 e. The van der Waals surface area contributed by atoms with Gasteiger partial charge in [0.05, 0.1) is 6.04 Å². The highest BCUT2D eigenvalue weighted by Crippen LogP contribution is 2.23. The average Bonchev–Trinajstić information content (AvgIpc) is 2.60. The molecule has 0 radical (unpaired) electrons. The fourth-order valence-electron chi connectivity index (χ4n) is 1.48. The standard InChI is InChI=1S/C11H20N2O/c1-4-8(2)7-10(13-12)11-6-5-9(3)14-11/h5-6,8,10,13H,4,7,12H2,1-3H3. The first-order valence-electron chi connectivity index (χ1n) is 5.19. The number of hydrazine groups is 1. The van der Waals surface area contributed by atoms with E-state index in [0.29, 0.717) is 5.92 Å². The molecule has 80 valence electrons. The van der Waals surface area contributed by atoms with Crippen LogP contribution in [0.5, 0.6) is 0 Å². The second-order valence-corrected chi connectivity index (χ2v) is 3.92. The summed E-state index contributed by atoms with van der Waals surface area (Å²) in [4.78, 5) is 0. The summed E-state index contributed by atoms with van der Waals surface area (Å²) in [5.41, 5.74) is 2.80. The highest BCUT2D eigenvalue weighted by Gasteiger charge is 2.15. The van der Waals surface area contributed by atoms with Gasteiger partial charge in [-0.15, -0.1) is 0 Å². The van der Waals surface area contributed by atoms with Crippen molar-refractivity contribution >= 4 is 0 Å². The lowest BCUT2D eigenvalue weighted by atomic mass is 9.98. The first-order valence-corrected chi connectivity index (χ1v) is 5.19. The SMILES string of the molecule is CCC(C)CC(NN)c1ccc(C)o1. The Labute approximate surface area is 85.6 Å². The van der Waals surface area contributed by atoms with Crippen LogP contribution in [0.15, 0.2) is 16.5 Å². The van der Waals surface area contributed by atoms with Gasteiger partial charge in [-0.25, -0.2) is 5.43 Å². The Hall–Kier alpha value is -0.800. The van der Waals surface area contributed by atoms with E-state index in [2.05, 4.69) is 19.3 Å². The lowest BCUT2D eigenvalue weighted by Crippen LogP contribution is -2.29. The third kappa shape index (κ3) is 2.86. The maximum atomic E-state index is 5.54. The van der Waals surface area contributed by atoms with Crippen LogP contribution >= 0.6 is 0 Å². The smallest absolute Gasteiger partial charge is 0.122 e. The fourth-order valence-corrected chi connectivity index (χ4v) is 1.48. The van der Waals surface area contributed by atoms with Crippen molar-refractivity contribution in [2.24, 2.45) is 11.8 Å². The van der Waals surface area contributed by atoms with Crippen LogP contribution in [-0.4, -0.2) is 0 Å². The summed E-state index contributed by atoms with van der Waals surface area (Å²) < 4.78 is 5.54. The normalized spacial score (nSPS) is 15.4. The van der Waals surface area contributed by atoms with E-state index in [1.165, 1.54) is 0 Å². The number of furan rings is 1. The molecular weight excluding hydrogens is 176 g/mol. The van der Waals surface area contributed by atoms with Crippen molar-refractivity contribution in [2.45, 2.75) is 39.7 Å². The number of rotatable bonds is 5. The number of hydrogen-bond donors (Lipinski definition) is 2. The van der Waals surface area contributed by atoms with Gasteiger partial charge in [0.15, 0.2) is 0 Å². The lowest BCUT2D eigenvalue weighted by Gasteiger charge is -2.17. The Kier molecular flexibility index (Phi) is 4.17. The molecule has 0 fully saturated rings. The second-order valence-electron chi connectivity index (χ2n) is 3.92. The van der Waals surface area contributed by atoms with Crippen LogP contribution in [-0.2, 0) is 0 Å². The van der Waals surface area contributed by atoms with E-state index < -0.39 is 0 Å². The fraction of sp³-hybridized carbons (Fsp3) is 0.636.